The average molecular weight is 216 g/mol. The number of rotatable bonds is 4. The third-order valence-electron chi connectivity index (χ3n) is 2.24. The fourth-order valence-electron chi connectivity index (χ4n) is 1.50. The van der Waals surface area contributed by atoms with Crippen molar-refractivity contribution in [3.05, 3.63) is 30.5 Å². The first-order valence-electron chi connectivity index (χ1n) is 4.97. The minimum atomic E-state index is 0.648. The van der Waals surface area contributed by atoms with Crippen LogP contribution >= 0.6 is 11.8 Å². The first-order chi connectivity index (χ1) is 7.42. The Morgan fingerprint density at radius 1 is 1.33 bits per heavy atom. The summed E-state index contributed by atoms with van der Waals surface area (Å²) >= 11 is 1.81. The van der Waals surface area contributed by atoms with Gasteiger partial charge in [0.2, 0.25) is 0 Å². The van der Waals surface area contributed by atoms with Gasteiger partial charge >= 0.3 is 0 Å². The summed E-state index contributed by atoms with van der Waals surface area (Å²) in [5.41, 5.74) is 1.18. The molecule has 3 heteroatoms. The van der Waals surface area contributed by atoms with Gasteiger partial charge in [-0.15, -0.1) is 11.8 Å². The Balaban J connectivity index is 2.05. The monoisotopic (exact) mass is 216 g/mol. The summed E-state index contributed by atoms with van der Waals surface area (Å²) in [6.45, 7) is 0. The van der Waals surface area contributed by atoms with E-state index >= 15 is 0 Å². The Labute approximate surface area is 93.3 Å². The maximum Gasteiger partial charge on any atom is 0.0622 e. The molecule has 2 nitrogen and oxygen atoms in total. The average Bonchev–Trinajstić information content (AvgIpc) is 2.68. The van der Waals surface area contributed by atoms with Crippen LogP contribution in [0.2, 0.25) is 0 Å². The summed E-state index contributed by atoms with van der Waals surface area (Å²) in [5.74, 6) is 1.01. The molecule has 0 spiro atoms. The molecule has 0 saturated carbocycles. The molecule has 1 aromatic carbocycles. The van der Waals surface area contributed by atoms with E-state index in [-0.39, 0.29) is 0 Å². The van der Waals surface area contributed by atoms with Gasteiger partial charge in [-0.3, -0.25) is 0 Å². The summed E-state index contributed by atoms with van der Waals surface area (Å²) in [4.78, 5) is 4.52. The second-order valence-corrected chi connectivity index (χ2v) is 4.45. The number of hydrogen-bond acceptors (Lipinski definition) is 2. The molecule has 0 aliphatic heterocycles. The van der Waals surface area contributed by atoms with Crippen molar-refractivity contribution in [3.8, 4) is 6.07 Å². The van der Waals surface area contributed by atoms with Gasteiger partial charge in [0.15, 0.2) is 0 Å². The molecule has 1 heterocycles. The summed E-state index contributed by atoms with van der Waals surface area (Å²) in [5, 5.41) is 9.71. The zero-order valence-electron chi connectivity index (χ0n) is 8.36. The van der Waals surface area contributed by atoms with Crippen molar-refractivity contribution in [2.75, 3.05) is 5.75 Å². The van der Waals surface area contributed by atoms with Crippen LogP contribution in [0.3, 0.4) is 0 Å². The van der Waals surface area contributed by atoms with Crippen LogP contribution in [0.1, 0.15) is 12.8 Å². The second kappa shape index (κ2) is 4.90. The number of nitriles is 1. The van der Waals surface area contributed by atoms with Gasteiger partial charge in [0.1, 0.15) is 0 Å². The van der Waals surface area contributed by atoms with Gasteiger partial charge < -0.3 is 4.98 Å². The highest BCUT2D eigenvalue weighted by molar-refractivity contribution is 7.99. The minimum absolute atomic E-state index is 0.648. The van der Waals surface area contributed by atoms with E-state index in [1.165, 1.54) is 15.8 Å². The van der Waals surface area contributed by atoms with Gasteiger partial charge in [0.05, 0.1) is 6.07 Å². The predicted octanol–water partition coefficient (Wildman–Crippen LogP) is 3.56. The number of H-pyrrole nitrogens is 1. The Bertz CT molecular complexity index is 482. The fourth-order valence-corrected chi connectivity index (χ4v) is 2.48. The van der Waals surface area contributed by atoms with Crippen LogP contribution in [0.4, 0.5) is 0 Å². The van der Waals surface area contributed by atoms with E-state index in [0.717, 1.165) is 12.2 Å². The number of nitrogens with one attached hydrogen (secondary N) is 1. The highest BCUT2D eigenvalue weighted by Crippen LogP contribution is 2.27. The highest BCUT2D eigenvalue weighted by atomic mass is 32.2. The van der Waals surface area contributed by atoms with E-state index in [1.807, 2.05) is 24.0 Å². The number of para-hydroxylation sites is 1. The topological polar surface area (TPSA) is 39.6 Å². The number of benzene rings is 1. The molecular weight excluding hydrogens is 204 g/mol. The quantitative estimate of drug-likeness (QED) is 0.627. The first kappa shape index (κ1) is 10.1. The van der Waals surface area contributed by atoms with Crippen molar-refractivity contribution in [2.24, 2.45) is 0 Å². The van der Waals surface area contributed by atoms with Gasteiger partial charge in [0, 0.05) is 28.4 Å². The lowest BCUT2D eigenvalue weighted by Crippen LogP contribution is -1.77. The molecule has 1 aromatic heterocycles. The van der Waals surface area contributed by atoms with Crippen LogP contribution in [0, 0.1) is 11.3 Å². The SMILES string of the molecule is N#CCCCSc1c[nH]c2ccccc12. The molecule has 0 fully saturated rings. The van der Waals surface area contributed by atoms with Gasteiger partial charge in [-0.2, -0.15) is 5.26 Å². The van der Waals surface area contributed by atoms with E-state index in [4.69, 9.17) is 5.26 Å². The highest BCUT2D eigenvalue weighted by Gasteiger charge is 2.02. The van der Waals surface area contributed by atoms with Crippen molar-refractivity contribution in [2.45, 2.75) is 17.7 Å². The molecule has 76 valence electrons. The largest absolute Gasteiger partial charge is 0.360 e. The molecule has 2 aromatic rings. The number of nitrogens with zero attached hydrogens (tertiary/aromatic N) is 1. The normalized spacial score (nSPS) is 10.3. The molecule has 2 rings (SSSR count). The van der Waals surface area contributed by atoms with Crippen LogP contribution < -0.4 is 0 Å². The van der Waals surface area contributed by atoms with Crippen molar-refractivity contribution in [1.29, 1.82) is 5.26 Å². The fraction of sp³-hybridized carbons (Fsp3) is 0.250. The number of aromatic amines is 1. The molecular formula is C12H12N2S. The van der Waals surface area contributed by atoms with Gasteiger partial charge in [0.25, 0.3) is 0 Å². The van der Waals surface area contributed by atoms with Crippen LogP contribution in [0.15, 0.2) is 35.4 Å². The minimum Gasteiger partial charge on any atom is -0.360 e. The summed E-state index contributed by atoms with van der Waals surface area (Å²) in [7, 11) is 0. The number of fused-ring (bicyclic) bond motifs is 1. The van der Waals surface area contributed by atoms with Crippen LogP contribution in [0.25, 0.3) is 10.9 Å². The molecule has 0 amide bonds. The molecule has 1 N–H and O–H groups in total. The number of aromatic nitrogens is 1. The van der Waals surface area contributed by atoms with Gasteiger partial charge in [-0.25, -0.2) is 0 Å². The lowest BCUT2D eigenvalue weighted by molar-refractivity contribution is 0.981. The molecule has 15 heavy (non-hydrogen) atoms. The first-order valence-corrected chi connectivity index (χ1v) is 5.96. The van der Waals surface area contributed by atoms with Crippen molar-refractivity contribution >= 4 is 22.7 Å². The van der Waals surface area contributed by atoms with Crippen LogP contribution in [-0.4, -0.2) is 10.7 Å². The Hall–Kier alpha value is -1.40. The molecule has 0 atom stereocenters. The van der Waals surface area contributed by atoms with Crippen molar-refractivity contribution in [1.82, 2.24) is 4.98 Å². The Morgan fingerprint density at radius 2 is 2.20 bits per heavy atom. The van der Waals surface area contributed by atoms with Crippen molar-refractivity contribution in [3.63, 3.8) is 0 Å². The zero-order valence-corrected chi connectivity index (χ0v) is 9.18. The maximum absolute atomic E-state index is 8.43. The number of unbranched alkanes of at least 4 members (excludes halogenated alkanes) is 1. The second-order valence-electron chi connectivity index (χ2n) is 3.31. The summed E-state index contributed by atoms with van der Waals surface area (Å²) in [6.07, 6.45) is 3.65. The van der Waals surface area contributed by atoms with E-state index in [2.05, 4.69) is 29.3 Å². The molecule has 0 saturated heterocycles. The van der Waals surface area contributed by atoms with Crippen LogP contribution in [-0.2, 0) is 0 Å². The molecule has 0 bridgehead atoms. The third-order valence-corrected chi connectivity index (χ3v) is 3.38. The Morgan fingerprint density at radius 3 is 3.07 bits per heavy atom. The molecule has 0 radical (unpaired) electrons. The standard InChI is InChI=1S/C12H12N2S/c13-7-3-4-8-15-12-9-14-11-6-2-1-5-10(11)12/h1-2,5-6,9,14H,3-4,8H2. The summed E-state index contributed by atoms with van der Waals surface area (Å²) < 4.78 is 0. The number of thioether (sulfide) groups is 1. The summed E-state index contributed by atoms with van der Waals surface area (Å²) in [6, 6.07) is 10.4. The lowest BCUT2D eigenvalue weighted by atomic mass is 10.2. The molecule has 0 aliphatic carbocycles. The van der Waals surface area contributed by atoms with Gasteiger partial charge in [-0.05, 0) is 18.2 Å². The zero-order chi connectivity index (χ0) is 10.5. The van der Waals surface area contributed by atoms with E-state index in [1.54, 1.807) is 0 Å². The third kappa shape index (κ3) is 2.34. The predicted molar refractivity (Wildman–Crippen MR) is 63.9 cm³/mol. The van der Waals surface area contributed by atoms with E-state index in [0.29, 0.717) is 6.42 Å². The van der Waals surface area contributed by atoms with Crippen LogP contribution in [0.5, 0.6) is 0 Å². The molecule has 0 aliphatic rings. The maximum atomic E-state index is 8.43. The van der Waals surface area contributed by atoms with Crippen molar-refractivity contribution < 1.29 is 0 Å². The van der Waals surface area contributed by atoms with E-state index in [9.17, 15) is 0 Å². The number of hydrogen-bond donors (Lipinski definition) is 1. The van der Waals surface area contributed by atoms with E-state index < -0.39 is 0 Å². The molecule has 0 unspecified atom stereocenters. The van der Waals surface area contributed by atoms with Gasteiger partial charge in [-0.1, -0.05) is 18.2 Å². The Kier molecular flexibility index (Phi) is 3.31. The lowest BCUT2D eigenvalue weighted by Gasteiger charge is -1.96. The smallest absolute Gasteiger partial charge is 0.0622 e.